The average molecular weight is 323 g/mol. The molecule has 0 saturated heterocycles. The fourth-order valence-electron chi connectivity index (χ4n) is 2.23. The Labute approximate surface area is 138 Å². The Morgan fingerprint density at radius 3 is 2.75 bits per heavy atom. The number of benzene rings is 2. The van der Waals surface area contributed by atoms with Gasteiger partial charge in [-0.2, -0.15) is 0 Å². The smallest absolute Gasteiger partial charge is 0.319 e. The summed E-state index contributed by atoms with van der Waals surface area (Å²) in [5.41, 5.74) is 2.53. The van der Waals surface area contributed by atoms with Crippen LogP contribution in [0.15, 0.2) is 60.9 Å². The zero-order valence-electron chi connectivity index (χ0n) is 12.9. The number of hydrogen-bond donors (Lipinski definition) is 3. The van der Waals surface area contributed by atoms with Gasteiger partial charge >= 0.3 is 6.03 Å². The van der Waals surface area contributed by atoms with Gasteiger partial charge in [0.15, 0.2) is 0 Å². The number of hydrogen-bond acceptors (Lipinski definition) is 4. The highest BCUT2D eigenvalue weighted by atomic mass is 16.3. The third-order valence-electron chi connectivity index (χ3n) is 3.43. The van der Waals surface area contributed by atoms with Crippen molar-refractivity contribution in [2.45, 2.75) is 6.42 Å². The van der Waals surface area contributed by atoms with Gasteiger partial charge in [-0.25, -0.2) is 9.48 Å². The summed E-state index contributed by atoms with van der Waals surface area (Å²) in [5.74, 6) is 0.233. The van der Waals surface area contributed by atoms with Crippen molar-refractivity contribution in [2.24, 2.45) is 0 Å². The van der Waals surface area contributed by atoms with Crippen LogP contribution in [0.5, 0.6) is 5.75 Å². The fourth-order valence-corrected chi connectivity index (χ4v) is 2.23. The monoisotopic (exact) mass is 323 g/mol. The number of nitrogens with zero attached hydrogens (tertiary/aromatic N) is 3. The van der Waals surface area contributed by atoms with Crippen LogP contribution in [-0.2, 0) is 6.42 Å². The van der Waals surface area contributed by atoms with Crippen molar-refractivity contribution >= 4 is 11.7 Å². The Kier molecular flexibility index (Phi) is 4.71. The number of anilines is 1. The zero-order valence-corrected chi connectivity index (χ0v) is 12.9. The topological polar surface area (TPSA) is 92.1 Å². The summed E-state index contributed by atoms with van der Waals surface area (Å²) in [6, 6.07) is 14.0. The predicted octanol–water partition coefficient (Wildman–Crippen LogP) is 2.34. The van der Waals surface area contributed by atoms with Gasteiger partial charge in [-0.3, -0.25) is 0 Å². The van der Waals surface area contributed by atoms with Crippen LogP contribution in [0.25, 0.3) is 5.69 Å². The number of aromatic nitrogens is 3. The van der Waals surface area contributed by atoms with E-state index in [0.717, 1.165) is 11.3 Å². The lowest BCUT2D eigenvalue weighted by Crippen LogP contribution is -2.30. The Morgan fingerprint density at radius 2 is 2.00 bits per heavy atom. The summed E-state index contributed by atoms with van der Waals surface area (Å²) in [6.45, 7) is 0.499. The molecule has 7 heteroatoms. The van der Waals surface area contributed by atoms with E-state index in [9.17, 15) is 9.90 Å². The molecule has 3 N–H and O–H groups in total. The second-order valence-electron chi connectivity index (χ2n) is 5.20. The van der Waals surface area contributed by atoms with Crippen molar-refractivity contribution in [1.29, 1.82) is 0 Å². The molecule has 0 spiro atoms. The number of nitrogens with one attached hydrogen (secondary N) is 2. The van der Waals surface area contributed by atoms with E-state index in [2.05, 4.69) is 20.9 Å². The molecule has 0 fully saturated rings. The molecule has 0 radical (unpaired) electrons. The lowest BCUT2D eigenvalue weighted by Gasteiger charge is -2.09. The van der Waals surface area contributed by atoms with Crippen molar-refractivity contribution in [3.8, 4) is 11.4 Å². The van der Waals surface area contributed by atoms with Gasteiger partial charge in [0, 0.05) is 12.2 Å². The van der Waals surface area contributed by atoms with Crippen LogP contribution < -0.4 is 10.6 Å². The van der Waals surface area contributed by atoms with Gasteiger partial charge in [0.2, 0.25) is 0 Å². The summed E-state index contributed by atoms with van der Waals surface area (Å²) in [5, 5.41) is 22.5. The third kappa shape index (κ3) is 4.10. The predicted molar refractivity (Wildman–Crippen MR) is 90.2 cm³/mol. The van der Waals surface area contributed by atoms with Gasteiger partial charge in [0.1, 0.15) is 5.75 Å². The Bertz CT molecular complexity index is 800. The maximum atomic E-state index is 12.0. The molecule has 2 amide bonds. The standard InChI is InChI=1S/C17H17N5O2/c23-16-6-4-13(5-7-16)8-9-18-17(24)20-14-2-1-3-15(12-14)22-11-10-19-21-22/h1-7,10-12,23H,8-9H2,(H2,18,20,24). The van der Waals surface area contributed by atoms with Gasteiger partial charge in [0.25, 0.3) is 0 Å². The highest BCUT2D eigenvalue weighted by Gasteiger charge is 2.04. The van der Waals surface area contributed by atoms with Gasteiger partial charge < -0.3 is 15.7 Å². The highest BCUT2D eigenvalue weighted by molar-refractivity contribution is 5.89. The molecular weight excluding hydrogens is 306 g/mol. The van der Waals surface area contributed by atoms with E-state index < -0.39 is 0 Å². The molecule has 7 nitrogen and oxygen atoms in total. The number of urea groups is 1. The second kappa shape index (κ2) is 7.28. The van der Waals surface area contributed by atoms with Crippen molar-refractivity contribution < 1.29 is 9.90 Å². The first-order valence-electron chi connectivity index (χ1n) is 7.50. The molecule has 24 heavy (non-hydrogen) atoms. The molecule has 0 aliphatic carbocycles. The van der Waals surface area contributed by atoms with Crippen LogP contribution in [-0.4, -0.2) is 32.7 Å². The van der Waals surface area contributed by atoms with Gasteiger partial charge in [-0.15, -0.1) is 5.10 Å². The maximum Gasteiger partial charge on any atom is 0.319 e. The van der Waals surface area contributed by atoms with E-state index in [1.165, 1.54) is 0 Å². The van der Waals surface area contributed by atoms with E-state index in [-0.39, 0.29) is 11.8 Å². The SMILES string of the molecule is O=C(NCCc1ccc(O)cc1)Nc1cccc(-n2ccnn2)c1. The van der Waals surface area contributed by atoms with Crippen molar-refractivity contribution in [2.75, 3.05) is 11.9 Å². The lowest BCUT2D eigenvalue weighted by molar-refractivity contribution is 0.252. The molecule has 0 saturated carbocycles. The maximum absolute atomic E-state index is 12.0. The van der Waals surface area contributed by atoms with E-state index in [0.29, 0.717) is 18.7 Å². The number of rotatable bonds is 5. The minimum atomic E-state index is -0.274. The first-order valence-corrected chi connectivity index (χ1v) is 7.50. The molecule has 2 aromatic carbocycles. The van der Waals surface area contributed by atoms with Crippen molar-refractivity contribution in [1.82, 2.24) is 20.3 Å². The molecule has 122 valence electrons. The van der Waals surface area contributed by atoms with Crippen LogP contribution in [0, 0.1) is 0 Å². The fraction of sp³-hybridized carbons (Fsp3) is 0.118. The van der Waals surface area contributed by atoms with Gasteiger partial charge in [0.05, 0.1) is 18.1 Å². The molecule has 0 aliphatic rings. The summed E-state index contributed by atoms with van der Waals surface area (Å²) < 4.78 is 1.62. The molecule has 1 heterocycles. The van der Waals surface area contributed by atoms with Gasteiger partial charge in [-0.1, -0.05) is 23.4 Å². The van der Waals surface area contributed by atoms with Crippen LogP contribution in [0.1, 0.15) is 5.56 Å². The summed E-state index contributed by atoms with van der Waals surface area (Å²) in [7, 11) is 0. The van der Waals surface area contributed by atoms with E-state index in [1.807, 2.05) is 30.3 Å². The molecule has 0 bridgehead atoms. The van der Waals surface area contributed by atoms with Crippen molar-refractivity contribution in [3.63, 3.8) is 0 Å². The lowest BCUT2D eigenvalue weighted by atomic mass is 10.1. The first kappa shape index (κ1) is 15.5. The quantitative estimate of drug-likeness (QED) is 0.672. The molecule has 0 unspecified atom stereocenters. The van der Waals surface area contributed by atoms with Crippen LogP contribution in [0.2, 0.25) is 0 Å². The largest absolute Gasteiger partial charge is 0.508 e. The zero-order chi connectivity index (χ0) is 16.8. The highest BCUT2D eigenvalue weighted by Crippen LogP contribution is 2.13. The minimum absolute atomic E-state index is 0.233. The minimum Gasteiger partial charge on any atom is -0.508 e. The summed E-state index contributed by atoms with van der Waals surface area (Å²) >= 11 is 0. The summed E-state index contributed by atoms with van der Waals surface area (Å²) in [6.07, 6.45) is 4.01. The van der Waals surface area contributed by atoms with E-state index in [4.69, 9.17) is 0 Å². The van der Waals surface area contributed by atoms with Crippen LogP contribution in [0.3, 0.4) is 0 Å². The Hall–Kier alpha value is -3.35. The van der Waals surface area contributed by atoms with E-state index >= 15 is 0 Å². The van der Waals surface area contributed by atoms with Crippen molar-refractivity contribution in [3.05, 3.63) is 66.5 Å². The molecule has 0 atom stereocenters. The van der Waals surface area contributed by atoms with Crippen LogP contribution in [0.4, 0.5) is 10.5 Å². The number of phenolic OH excluding ortho intramolecular Hbond substituents is 1. The Morgan fingerprint density at radius 1 is 1.17 bits per heavy atom. The number of carbonyl (C=O) groups excluding carboxylic acids is 1. The molecule has 3 aromatic rings. The molecular formula is C17H17N5O2. The number of amides is 2. The Balaban J connectivity index is 1.51. The summed E-state index contributed by atoms with van der Waals surface area (Å²) in [4.78, 5) is 12.0. The van der Waals surface area contributed by atoms with E-state index in [1.54, 1.807) is 35.3 Å². The van der Waals surface area contributed by atoms with Gasteiger partial charge in [-0.05, 0) is 42.3 Å². The molecule has 0 aliphatic heterocycles. The third-order valence-corrected chi connectivity index (χ3v) is 3.43. The number of phenols is 1. The number of aromatic hydroxyl groups is 1. The first-order chi connectivity index (χ1) is 11.7. The van der Waals surface area contributed by atoms with Crippen LogP contribution >= 0.6 is 0 Å². The number of carbonyl (C=O) groups is 1. The normalized spacial score (nSPS) is 10.3. The molecule has 1 aromatic heterocycles. The molecule has 3 rings (SSSR count). The second-order valence-corrected chi connectivity index (χ2v) is 5.20. The average Bonchev–Trinajstić information content (AvgIpc) is 3.11.